The normalized spacial score (nSPS) is 17.3. The van der Waals surface area contributed by atoms with E-state index >= 15 is 0 Å². The van der Waals surface area contributed by atoms with Crippen LogP contribution in [0.4, 0.5) is 8.78 Å². The van der Waals surface area contributed by atoms with Gasteiger partial charge in [0.15, 0.2) is 17.5 Å². The Morgan fingerprint density at radius 1 is 1.16 bits per heavy atom. The lowest BCUT2D eigenvalue weighted by atomic mass is 10.1. The molecule has 132 valence electrons. The lowest BCUT2D eigenvalue weighted by molar-refractivity contribution is -0.120. The fourth-order valence-electron chi connectivity index (χ4n) is 2.66. The molecule has 0 spiro atoms. The number of aromatic nitrogens is 2. The minimum Gasteiger partial charge on any atom is -0.370 e. The largest absolute Gasteiger partial charge is 0.370 e. The van der Waals surface area contributed by atoms with Crippen LogP contribution in [0.3, 0.4) is 0 Å². The lowest BCUT2D eigenvalue weighted by Gasteiger charge is -2.21. The number of rotatable bonds is 5. The van der Waals surface area contributed by atoms with Crippen LogP contribution in [0.15, 0.2) is 30.6 Å². The molecular weight excluding hydrogens is 328 g/mol. The molecule has 0 unspecified atom stereocenters. The number of hydrogen-bond acceptors (Lipinski definition) is 4. The molecule has 25 heavy (non-hydrogen) atoms. The topological polar surface area (TPSA) is 64.1 Å². The fraction of sp³-hybridized carbons (Fsp3) is 0.389. The van der Waals surface area contributed by atoms with E-state index in [9.17, 15) is 13.6 Å². The molecule has 0 radical (unpaired) electrons. The smallest absolute Gasteiger partial charge is 0.224 e. The van der Waals surface area contributed by atoms with Crippen LogP contribution < -0.4 is 5.32 Å². The van der Waals surface area contributed by atoms with Crippen molar-refractivity contribution in [3.05, 3.63) is 59.2 Å². The van der Waals surface area contributed by atoms with Gasteiger partial charge in [-0.15, -0.1) is 0 Å². The number of carbonyl (C=O) groups excluding carboxylic acids is 1. The first kappa shape index (κ1) is 17.4. The SMILES string of the molecule is O=C(Cc1ccc(F)c(F)c1)NCc1cnc([C@@H]2CCCCO2)nc1. The van der Waals surface area contributed by atoms with Gasteiger partial charge in [-0.2, -0.15) is 0 Å². The van der Waals surface area contributed by atoms with Gasteiger partial charge in [-0.05, 0) is 37.0 Å². The van der Waals surface area contributed by atoms with E-state index in [0.717, 1.165) is 43.6 Å². The summed E-state index contributed by atoms with van der Waals surface area (Å²) in [5.74, 6) is -1.51. The van der Waals surface area contributed by atoms with Crippen molar-refractivity contribution < 1.29 is 18.3 Å². The molecule has 1 N–H and O–H groups in total. The van der Waals surface area contributed by atoms with Crippen molar-refractivity contribution in [2.45, 2.75) is 38.3 Å². The molecule has 1 fully saturated rings. The quantitative estimate of drug-likeness (QED) is 0.903. The molecule has 1 aliphatic rings. The Kier molecular flexibility index (Phi) is 5.65. The average Bonchev–Trinajstić information content (AvgIpc) is 2.64. The summed E-state index contributed by atoms with van der Waals surface area (Å²) in [4.78, 5) is 20.5. The summed E-state index contributed by atoms with van der Waals surface area (Å²) in [6.45, 7) is 1.00. The minimum absolute atomic E-state index is 0.0218. The van der Waals surface area contributed by atoms with Crippen LogP contribution in [0.2, 0.25) is 0 Å². The van der Waals surface area contributed by atoms with Gasteiger partial charge < -0.3 is 10.1 Å². The molecule has 5 nitrogen and oxygen atoms in total. The van der Waals surface area contributed by atoms with Gasteiger partial charge in [0, 0.05) is 31.1 Å². The van der Waals surface area contributed by atoms with Gasteiger partial charge >= 0.3 is 0 Å². The third-order valence-electron chi connectivity index (χ3n) is 4.03. The summed E-state index contributed by atoms with van der Waals surface area (Å²) in [6.07, 6.45) is 6.35. The number of amides is 1. The highest BCUT2D eigenvalue weighted by molar-refractivity contribution is 5.78. The summed E-state index contributed by atoms with van der Waals surface area (Å²) < 4.78 is 31.6. The van der Waals surface area contributed by atoms with Crippen LogP contribution in [0.5, 0.6) is 0 Å². The summed E-state index contributed by atoms with van der Waals surface area (Å²) in [6, 6.07) is 3.43. The molecule has 0 aliphatic carbocycles. The van der Waals surface area contributed by atoms with Gasteiger partial charge in [0.25, 0.3) is 0 Å². The first-order valence-corrected chi connectivity index (χ1v) is 8.25. The van der Waals surface area contributed by atoms with Crippen LogP contribution in [0.25, 0.3) is 0 Å². The van der Waals surface area contributed by atoms with Crippen LogP contribution >= 0.6 is 0 Å². The molecule has 1 aromatic heterocycles. The van der Waals surface area contributed by atoms with Gasteiger partial charge in [-0.3, -0.25) is 4.79 Å². The Balaban J connectivity index is 1.50. The standard InChI is InChI=1S/C18H19F2N3O2/c19-14-5-4-12(7-15(14)20)8-17(24)21-9-13-10-22-18(23-11-13)16-3-1-2-6-25-16/h4-5,7,10-11,16H,1-3,6,8-9H2,(H,21,24)/t16-/m0/s1. The first-order chi connectivity index (χ1) is 12.1. The molecule has 2 heterocycles. The third-order valence-corrected chi connectivity index (χ3v) is 4.03. The number of ether oxygens (including phenoxy) is 1. The molecule has 2 aromatic rings. The highest BCUT2D eigenvalue weighted by Crippen LogP contribution is 2.24. The Morgan fingerprint density at radius 3 is 2.64 bits per heavy atom. The van der Waals surface area contributed by atoms with E-state index in [1.165, 1.54) is 6.07 Å². The molecule has 3 rings (SSSR count). The molecule has 7 heteroatoms. The monoisotopic (exact) mass is 347 g/mol. The van der Waals surface area contributed by atoms with Gasteiger partial charge in [0.05, 0.1) is 6.42 Å². The summed E-state index contributed by atoms with van der Waals surface area (Å²) in [5, 5.41) is 2.71. The molecule has 1 atom stereocenters. The maximum Gasteiger partial charge on any atom is 0.224 e. The van der Waals surface area contributed by atoms with E-state index in [-0.39, 0.29) is 25.0 Å². The zero-order valence-electron chi connectivity index (χ0n) is 13.7. The first-order valence-electron chi connectivity index (χ1n) is 8.25. The Hall–Kier alpha value is -2.41. The van der Waals surface area contributed by atoms with Gasteiger partial charge in [0.1, 0.15) is 6.10 Å². The summed E-state index contributed by atoms with van der Waals surface area (Å²) in [5.41, 5.74) is 1.18. The van der Waals surface area contributed by atoms with Crippen LogP contribution in [0.1, 0.15) is 42.3 Å². The van der Waals surface area contributed by atoms with Crippen molar-refractivity contribution in [2.24, 2.45) is 0 Å². The number of nitrogens with one attached hydrogen (secondary N) is 1. The fourth-order valence-corrected chi connectivity index (χ4v) is 2.66. The van der Waals surface area contributed by atoms with Gasteiger partial charge in [0.2, 0.25) is 5.91 Å². The predicted octanol–water partition coefficient (Wildman–Crippen LogP) is 2.86. The second-order valence-electron chi connectivity index (χ2n) is 6.01. The zero-order chi connectivity index (χ0) is 17.6. The van der Waals surface area contributed by atoms with E-state index in [0.29, 0.717) is 11.4 Å². The molecule has 0 saturated carbocycles. The van der Waals surface area contributed by atoms with E-state index in [2.05, 4.69) is 15.3 Å². The number of hydrogen-bond donors (Lipinski definition) is 1. The van der Waals surface area contributed by atoms with Crippen molar-refractivity contribution in [1.29, 1.82) is 0 Å². The number of benzene rings is 1. The maximum absolute atomic E-state index is 13.1. The van der Waals surface area contributed by atoms with Crippen molar-refractivity contribution in [3.63, 3.8) is 0 Å². The highest BCUT2D eigenvalue weighted by atomic mass is 19.2. The predicted molar refractivity (Wildman–Crippen MR) is 86.5 cm³/mol. The van der Waals surface area contributed by atoms with Crippen molar-refractivity contribution >= 4 is 5.91 Å². The molecular formula is C18H19F2N3O2. The van der Waals surface area contributed by atoms with Crippen molar-refractivity contribution in [1.82, 2.24) is 15.3 Å². The van der Waals surface area contributed by atoms with E-state index in [1.807, 2.05) is 0 Å². The zero-order valence-corrected chi connectivity index (χ0v) is 13.7. The van der Waals surface area contributed by atoms with Crippen LogP contribution in [0, 0.1) is 11.6 Å². The van der Waals surface area contributed by atoms with Crippen LogP contribution in [-0.2, 0) is 22.5 Å². The van der Waals surface area contributed by atoms with E-state index < -0.39 is 11.6 Å². The number of carbonyl (C=O) groups is 1. The Labute approximate surface area is 144 Å². The van der Waals surface area contributed by atoms with Crippen molar-refractivity contribution in [2.75, 3.05) is 6.61 Å². The van der Waals surface area contributed by atoms with Crippen LogP contribution in [-0.4, -0.2) is 22.5 Å². The third kappa shape index (κ3) is 4.79. The maximum atomic E-state index is 13.1. The molecule has 0 bridgehead atoms. The Morgan fingerprint density at radius 2 is 1.96 bits per heavy atom. The lowest BCUT2D eigenvalue weighted by Crippen LogP contribution is -2.25. The molecule has 1 saturated heterocycles. The summed E-state index contributed by atoms with van der Waals surface area (Å²) in [7, 11) is 0. The Bertz CT molecular complexity index is 732. The summed E-state index contributed by atoms with van der Waals surface area (Å²) >= 11 is 0. The second kappa shape index (κ2) is 8.11. The van der Waals surface area contributed by atoms with E-state index in [1.54, 1.807) is 12.4 Å². The van der Waals surface area contributed by atoms with E-state index in [4.69, 9.17) is 4.74 Å². The van der Waals surface area contributed by atoms with Gasteiger partial charge in [-0.1, -0.05) is 6.07 Å². The molecule has 1 amide bonds. The molecule has 1 aromatic carbocycles. The minimum atomic E-state index is -0.959. The van der Waals surface area contributed by atoms with Crippen molar-refractivity contribution in [3.8, 4) is 0 Å². The van der Waals surface area contributed by atoms with Gasteiger partial charge in [-0.25, -0.2) is 18.7 Å². The molecule has 1 aliphatic heterocycles. The second-order valence-corrected chi connectivity index (χ2v) is 6.01. The number of nitrogens with zero attached hydrogens (tertiary/aromatic N) is 2. The number of halogens is 2. The average molecular weight is 347 g/mol. The highest BCUT2D eigenvalue weighted by Gasteiger charge is 2.18.